The molecule has 0 aliphatic carbocycles. The summed E-state index contributed by atoms with van der Waals surface area (Å²) in [6.45, 7) is 3.38. The number of allylic oxidation sites excluding steroid dienone is 3. The smallest absolute Gasteiger partial charge is 0.394 e. The van der Waals surface area contributed by atoms with Crippen LogP contribution in [0, 0.1) is 0 Å². The largest absolute Gasteiger partial charge is 0.397 e. The van der Waals surface area contributed by atoms with Crippen molar-refractivity contribution < 1.29 is 51.8 Å². The average Bonchev–Trinajstić information content (AvgIpc) is 3.23. The van der Waals surface area contributed by atoms with Crippen LogP contribution in [0.4, 0.5) is 0 Å². The van der Waals surface area contributed by atoms with Crippen molar-refractivity contribution in [2.75, 3.05) is 13.2 Å². The number of aliphatic hydroxyl groups excluding tert-OH is 4. The summed E-state index contributed by atoms with van der Waals surface area (Å²) in [5.41, 5.74) is 0. The lowest BCUT2D eigenvalue weighted by molar-refractivity contribution is -0.298. The fourth-order valence-electron chi connectivity index (χ4n) is 7.86. The standard InChI is InChI=1S/C48H91NO11S/c1-3-5-7-9-11-13-15-17-18-19-20-21-22-23-24-26-28-30-32-34-36-38-44(52)49-41(42(51)37-35-33-31-29-27-25-16-14-12-10-8-6-4-2)40-58-48-46(54)47(60-61(55,56)57)45(53)43(39-50)59-48/h17-18,35,37,41-43,45-48,50-51,53-54H,3-16,19-34,36,38-40H2,1-2H3,(H,49,52)(H,55,56,57)/b18-17+,37-35+. The molecule has 0 aromatic rings. The summed E-state index contributed by atoms with van der Waals surface area (Å²) in [7, 11) is -5.08. The summed E-state index contributed by atoms with van der Waals surface area (Å²) in [6, 6.07) is -0.941. The van der Waals surface area contributed by atoms with Crippen molar-refractivity contribution in [3.63, 3.8) is 0 Å². The maximum atomic E-state index is 13.0. The molecule has 7 unspecified atom stereocenters. The molecule has 61 heavy (non-hydrogen) atoms. The first-order valence-electron chi connectivity index (χ1n) is 24.7. The Morgan fingerprint density at radius 2 is 1.05 bits per heavy atom. The highest BCUT2D eigenvalue weighted by Crippen LogP contribution is 2.26. The average molecular weight is 890 g/mol. The van der Waals surface area contributed by atoms with Crippen molar-refractivity contribution >= 4 is 16.3 Å². The Labute approximate surface area is 372 Å². The van der Waals surface area contributed by atoms with Crippen LogP contribution in [0.25, 0.3) is 0 Å². The maximum Gasteiger partial charge on any atom is 0.397 e. The van der Waals surface area contributed by atoms with E-state index in [0.717, 1.165) is 38.5 Å². The summed E-state index contributed by atoms with van der Waals surface area (Å²) in [5, 5.41) is 44.7. The van der Waals surface area contributed by atoms with Gasteiger partial charge in [-0.3, -0.25) is 9.35 Å². The molecular weight excluding hydrogens is 799 g/mol. The molecule has 12 nitrogen and oxygen atoms in total. The van der Waals surface area contributed by atoms with Gasteiger partial charge in [-0.15, -0.1) is 0 Å². The Morgan fingerprint density at radius 3 is 1.48 bits per heavy atom. The number of carbonyl (C=O) groups excluding carboxylic acids is 1. The molecule has 360 valence electrons. The van der Waals surface area contributed by atoms with Gasteiger partial charge in [-0.25, -0.2) is 4.18 Å². The molecule has 1 rings (SSSR count). The van der Waals surface area contributed by atoms with Gasteiger partial charge < -0.3 is 35.2 Å². The van der Waals surface area contributed by atoms with E-state index in [4.69, 9.17) is 9.47 Å². The Kier molecular flexibility index (Phi) is 36.8. The van der Waals surface area contributed by atoms with Crippen molar-refractivity contribution in [1.29, 1.82) is 0 Å². The molecule has 0 radical (unpaired) electrons. The van der Waals surface area contributed by atoms with Crippen LogP contribution in [0.5, 0.6) is 0 Å². The molecule has 1 fully saturated rings. The second-order valence-corrected chi connectivity index (χ2v) is 18.4. The number of amides is 1. The Balaban J connectivity index is 2.44. The monoisotopic (exact) mass is 890 g/mol. The molecule has 0 saturated carbocycles. The van der Waals surface area contributed by atoms with E-state index >= 15 is 0 Å². The Morgan fingerprint density at radius 1 is 0.639 bits per heavy atom. The van der Waals surface area contributed by atoms with Crippen LogP contribution in [0.15, 0.2) is 24.3 Å². The number of nitrogens with one attached hydrogen (secondary N) is 1. The second kappa shape index (κ2) is 39.0. The van der Waals surface area contributed by atoms with Crippen LogP contribution in [0.1, 0.15) is 219 Å². The first-order chi connectivity index (χ1) is 29.5. The normalized spacial score (nSPS) is 20.8. The molecule has 1 aliphatic rings. The summed E-state index contributed by atoms with van der Waals surface area (Å²) in [6.07, 6.45) is 36.4. The zero-order valence-corrected chi connectivity index (χ0v) is 39.3. The summed E-state index contributed by atoms with van der Waals surface area (Å²) >= 11 is 0. The van der Waals surface area contributed by atoms with Crippen LogP contribution >= 0.6 is 0 Å². The molecule has 7 atom stereocenters. The Bertz CT molecular complexity index is 1190. The molecule has 6 N–H and O–H groups in total. The molecule has 0 spiro atoms. The molecule has 1 amide bonds. The lowest BCUT2D eigenvalue weighted by atomic mass is 9.99. The van der Waals surface area contributed by atoms with Crippen LogP contribution in [-0.2, 0) is 28.9 Å². The molecule has 0 aromatic heterocycles. The van der Waals surface area contributed by atoms with Gasteiger partial charge in [0.2, 0.25) is 5.91 Å². The molecule has 1 saturated heterocycles. The van der Waals surface area contributed by atoms with Crippen LogP contribution in [0.2, 0.25) is 0 Å². The minimum absolute atomic E-state index is 0.263. The van der Waals surface area contributed by atoms with Crippen LogP contribution in [-0.4, -0.2) is 95.4 Å². The molecular formula is C48H91NO11S. The van der Waals surface area contributed by atoms with Crippen molar-refractivity contribution in [1.82, 2.24) is 5.32 Å². The van der Waals surface area contributed by atoms with E-state index in [0.29, 0.717) is 6.42 Å². The minimum atomic E-state index is -5.08. The highest BCUT2D eigenvalue weighted by Gasteiger charge is 2.48. The van der Waals surface area contributed by atoms with Crippen LogP contribution < -0.4 is 5.32 Å². The van der Waals surface area contributed by atoms with Gasteiger partial charge in [-0.1, -0.05) is 192 Å². The predicted octanol–water partition coefficient (Wildman–Crippen LogP) is 10.1. The van der Waals surface area contributed by atoms with E-state index in [9.17, 15) is 38.2 Å². The van der Waals surface area contributed by atoms with E-state index in [1.165, 1.54) is 154 Å². The number of carbonyl (C=O) groups is 1. The van der Waals surface area contributed by atoms with Gasteiger partial charge >= 0.3 is 10.4 Å². The highest BCUT2D eigenvalue weighted by molar-refractivity contribution is 7.80. The van der Waals surface area contributed by atoms with Gasteiger partial charge in [0.1, 0.15) is 24.4 Å². The maximum absolute atomic E-state index is 13.0. The first-order valence-corrected chi connectivity index (χ1v) is 26.1. The lowest BCUT2D eigenvalue weighted by Gasteiger charge is -2.41. The zero-order chi connectivity index (χ0) is 44.8. The lowest BCUT2D eigenvalue weighted by Crippen LogP contribution is -2.61. The molecule has 0 aromatic carbocycles. The van der Waals surface area contributed by atoms with E-state index in [2.05, 4.69) is 35.5 Å². The zero-order valence-electron chi connectivity index (χ0n) is 38.5. The van der Waals surface area contributed by atoms with Gasteiger partial charge in [0, 0.05) is 6.42 Å². The number of rotatable bonds is 42. The fraction of sp³-hybridized carbons (Fsp3) is 0.896. The molecule has 1 heterocycles. The second-order valence-electron chi connectivity index (χ2n) is 17.4. The van der Waals surface area contributed by atoms with Gasteiger partial charge in [0.15, 0.2) is 6.29 Å². The number of ether oxygens (including phenoxy) is 2. The Hall–Kier alpha value is -1.42. The van der Waals surface area contributed by atoms with Gasteiger partial charge in [-0.2, -0.15) is 8.42 Å². The first kappa shape index (κ1) is 57.6. The third kappa shape index (κ3) is 32.0. The summed E-state index contributed by atoms with van der Waals surface area (Å²) in [4.78, 5) is 13.0. The van der Waals surface area contributed by atoms with Crippen molar-refractivity contribution in [3.8, 4) is 0 Å². The van der Waals surface area contributed by atoms with E-state index in [1.54, 1.807) is 6.08 Å². The van der Waals surface area contributed by atoms with Gasteiger partial charge in [0.25, 0.3) is 0 Å². The van der Waals surface area contributed by atoms with Gasteiger partial charge in [0.05, 0.1) is 25.4 Å². The third-order valence-corrected chi connectivity index (χ3v) is 12.2. The van der Waals surface area contributed by atoms with Crippen LogP contribution in [0.3, 0.4) is 0 Å². The molecule has 0 bridgehead atoms. The number of aliphatic hydroxyl groups is 4. The number of hydrogen-bond acceptors (Lipinski definition) is 10. The predicted molar refractivity (Wildman–Crippen MR) is 245 cm³/mol. The summed E-state index contributed by atoms with van der Waals surface area (Å²) in [5.74, 6) is -0.263. The number of unbranched alkanes of at least 4 members (excludes halogenated alkanes) is 28. The van der Waals surface area contributed by atoms with E-state index < -0.39 is 59.9 Å². The van der Waals surface area contributed by atoms with Crippen molar-refractivity contribution in [2.24, 2.45) is 0 Å². The van der Waals surface area contributed by atoms with Gasteiger partial charge in [-0.05, 0) is 44.9 Å². The number of hydrogen-bond donors (Lipinski definition) is 6. The van der Waals surface area contributed by atoms with Crippen molar-refractivity contribution in [3.05, 3.63) is 24.3 Å². The molecule has 1 aliphatic heterocycles. The quantitative estimate of drug-likeness (QED) is 0.0194. The fourth-order valence-corrected chi connectivity index (χ4v) is 8.37. The minimum Gasteiger partial charge on any atom is -0.394 e. The summed E-state index contributed by atoms with van der Waals surface area (Å²) < 4.78 is 47.6. The van der Waals surface area contributed by atoms with Crippen molar-refractivity contribution in [2.45, 2.75) is 262 Å². The highest BCUT2D eigenvalue weighted by atomic mass is 32.3. The van der Waals surface area contributed by atoms with E-state index in [1.807, 2.05) is 6.08 Å². The van der Waals surface area contributed by atoms with E-state index in [-0.39, 0.29) is 18.9 Å². The molecule has 13 heteroatoms. The third-order valence-electron chi connectivity index (χ3n) is 11.7. The SMILES string of the molecule is CCCCCCCC/C=C/CCCCCCCCCCCCCC(=O)NC(COC1OC(CO)C(O)C(OS(=O)(=O)O)C1O)C(O)/C=C/CCCCCCCCCCCCC. The topological polar surface area (TPSA) is 192 Å².